The van der Waals surface area contributed by atoms with Crippen molar-refractivity contribution in [2.45, 2.75) is 19.8 Å². The zero-order chi connectivity index (χ0) is 17.4. The van der Waals surface area contributed by atoms with E-state index in [1.165, 1.54) is 0 Å². The number of hydrogen-bond donors (Lipinski definition) is 3. The summed E-state index contributed by atoms with van der Waals surface area (Å²) in [4.78, 5) is 23.6. The third kappa shape index (κ3) is 5.57. The molecule has 2 rings (SSSR count). The van der Waals surface area contributed by atoms with Crippen LogP contribution in [-0.4, -0.2) is 17.5 Å². The lowest BCUT2D eigenvalue weighted by Gasteiger charge is -2.05. The Kier molecular flexibility index (Phi) is 6.08. The predicted molar refractivity (Wildman–Crippen MR) is 95.5 cm³/mol. The van der Waals surface area contributed by atoms with Crippen LogP contribution in [0, 0.1) is 0 Å². The first-order chi connectivity index (χ1) is 11.5. The number of para-hydroxylation sites is 1. The Morgan fingerprint density at radius 3 is 2.42 bits per heavy atom. The Balaban J connectivity index is 1.78. The molecule has 124 valence electrons. The molecule has 0 heterocycles. The normalized spacial score (nSPS) is 11.0. The highest BCUT2D eigenvalue weighted by molar-refractivity contribution is 6.00. The number of carbonyl (C=O) groups excluding carboxylic acids is 2. The summed E-state index contributed by atoms with van der Waals surface area (Å²) in [5.41, 5.74) is 11.0. The Hall–Kier alpha value is -3.15. The van der Waals surface area contributed by atoms with Crippen molar-refractivity contribution in [1.29, 1.82) is 0 Å². The summed E-state index contributed by atoms with van der Waals surface area (Å²) in [6.07, 6.45) is 0.153. The topological polar surface area (TPSA) is 96.6 Å². The van der Waals surface area contributed by atoms with Crippen LogP contribution in [0.5, 0.6) is 0 Å². The minimum atomic E-state index is -0.318. The highest BCUT2D eigenvalue weighted by atomic mass is 16.2. The fraction of sp³-hybridized carbons (Fsp3) is 0.167. The van der Waals surface area contributed by atoms with E-state index in [-0.39, 0.29) is 24.7 Å². The van der Waals surface area contributed by atoms with Gasteiger partial charge in [0.1, 0.15) is 0 Å². The van der Waals surface area contributed by atoms with Crippen molar-refractivity contribution < 1.29 is 9.59 Å². The lowest BCUT2D eigenvalue weighted by Crippen LogP contribution is -2.21. The van der Waals surface area contributed by atoms with Gasteiger partial charge >= 0.3 is 0 Å². The summed E-state index contributed by atoms with van der Waals surface area (Å²) in [5.74, 6) is -0.533. The number of hydrazone groups is 1. The van der Waals surface area contributed by atoms with Crippen LogP contribution < -0.4 is 16.5 Å². The van der Waals surface area contributed by atoms with E-state index in [1.54, 1.807) is 31.2 Å². The van der Waals surface area contributed by atoms with Gasteiger partial charge in [-0.25, -0.2) is 5.43 Å². The number of nitrogens with zero attached hydrogens (tertiary/aromatic N) is 1. The largest absolute Gasteiger partial charge is 0.399 e. The second kappa shape index (κ2) is 8.47. The molecule has 24 heavy (non-hydrogen) atoms. The lowest BCUT2D eigenvalue weighted by atomic mass is 10.1. The fourth-order valence-electron chi connectivity index (χ4n) is 2.00. The zero-order valence-electron chi connectivity index (χ0n) is 13.5. The van der Waals surface area contributed by atoms with Crippen LogP contribution in [0.15, 0.2) is 59.7 Å². The highest BCUT2D eigenvalue weighted by Gasteiger charge is 2.07. The molecule has 2 aromatic rings. The average molecular weight is 324 g/mol. The second-order valence-corrected chi connectivity index (χ2v) is 5.27. The van der Waals surface area contributed by atoms with Crippen molar-refractivity contribution in [3.63, 3.8) is 0 Å². The van der Waals surface area contributed by atoms with Crippen molar-refractivity contribution >= 4 is 28.9 Å². The maximum atomic E-state index is 11.8. The summed E-state index contributed by atoms with van der Waals surface area (Å²) >= 11 is 0. The summed E-state index contributed by atoms with van der Waals surface area (Å²) in [6.45, 7) is 1.77. The second-order valence-electron chi connectivity index (χ2n) is 5.27. The third-order valence-electron chi connectivity index (χ3n) is 3.29. The van der Waals surface area contributed by atoms with Crippen molar-refractivity contribution in [3.05, 3.63) is 60.2 Å². The molecule has 0 aromatic heterocycles. The van der Waals surface area contributed by atoms with Crippen molar-refractivity contribution in [2.24, 2.45) is 5.10 Å². The maximum Gasteiger partial charge on any atom is 0.240 e. The Bertz CT molecular complexity index is 742. The molecule has 6 heteroatoms. The van der Waals surface area contributed by atoms with E-state index in [2.05, 4.69) is 15.8 Å². The molecule has 0 aliphatic rings. The first-order valence-electron chi connectivity index (χ1n) is 7.58. The first kappa shape index (κ1) is 17.2. The van der Waals surface area contributed by atoms with E-state index in [1.807, 2.05) is 30.3 Å². The summed E-state index contributed by atoms with van der Waals surface area (Å²) < 4.78 is 0. The summed E-state index contributed by atoms with van der Waals surface area (Å²) in [7, 11) is 0. The van der Waals surface area contributed by atoms with Gasteiger partial charge in [-0.3, -0.25) is 9.59 Å². The van der Waals surface area contributed by atoms with Crippen molar-refractivity contribution in [1.82, 2.24) is 5.43 Å². The lowest BCUT2D eigenvalue weighted by molar-refractivity contribution is -0.124. The van der Waals surface area contributed by atoms with Gasteiger partial charge in [0.05, 0.1) is 5.71 Å². The smallest absolute Gasteiger partial charge is 0.240 e. The van der Waals surface area contributed by atoms with Crippen LogP contribution in [-0.2, 0) is 9.59 Å². The molecule has 2 aromatic carbocycles. The molecule has 6 nitrogen and oxygen atoms in total. The minimum absolute atomic E-state index is 0.0619. The molecule has 0 spiro atoms. The van der Waals surface area contributed by atoms with Crippen molar-refractivity contribution in [3.8, 4) is 0 Å². The maximum absolute atomic E-state index is 11.8. The Labute approximate surface area is 140 Å². The molecule has 0 radical (unpaired) electrons. The van der Waals surface area contributed by atoms with Gasteiger partial charge in [-0.2, -0.15) is 5.10 Å². The molecule has 0 bridgehead atoms. The number of rotatable bonds is 6. The van der Waals surface area contributed by atoms with E-state index < -0.39 is 0 Å². The van der Waals surface area contributed by atoms with Crippen LogP contribution >= 0.6 is 0 Å². The van der Waals surface area contributed by atoms with Gasteiger partial charge in [-0.15, -0.1) is 0 Å². The standard InChI is InChI=1S/C18H20N4O2/c1-13(14-6-5-7-15(19)12-14)21-22-18(24)11-10-17(23)20-16-8-3-2-4-9-16/h2-9,12H,10-11,19H2,1H3,(H,20,23)(H,22,24)/b21-13-. The van der Waals surface area contributed by atoms with Gasteiger partial charge in [-0.05, 0) is 36.8 Å². The number of nitrogens with one attached hydrogen (secondary N) is 2. The van der Waals surface area contributed by atoms with Gasteiger partial charge in [0.2, 0.25) is 11.8 Å². The van der Waals surface area contributed by atoms with Crippen LogP contribution in [0.2, 0.25) is 0 Å². The van der Waals surface area contributed by atoms with E-state index in [0.29, 0.717) is 17.1 Å². The molecule has 0 saturated carbocycles. The van der Waals surface area contributed by atoms with Crippen molar-refractivity contribution in [2.75, 3.05) is 11.1 Å². The number of carbonyl (C=O) groups is 2. The average Bonchev–Trinajstić information content (AvgIpc) is 2.58. The van der Waals surface area contributed by atoms with Crippen LogP contribution in [0.4, 0.5) is 11.4 Å². The number of hydrogen-bond acceptors (Lipinski definition) is 4. The number of anilines is 2. The molecule has 0 fully saturated rings. The molecule has 0 saturated heterocycles. The van der Waals surface area contributed by atoms with E-state index in [9.17, 15) is 9.59 Å². The van der Waals surface area contributed by atoms with Gasteiger partial charge in [0.15, 0.2) is 0 Å². The third-order valence-corrected chi connectivity index (χ3v) is 3.29. The quantitative estimate of drug-likeness (QED) is 0.433. The summed E-state index contributed by atoms with van der Waals surface area (Å²) in [6, 6.07) is 16.3. The SMILES string of the molecule is C/C(=N/NC(=O)CCC(=O)Nc1ccccc1)c1cccc(N)c1. The molecule has 0 unspecified atom stereocenters. The number of nitrogens with two attached hydrogens (primary N) is 1. The van der Waals surface area contributed by atoms with Gasteiger partial charge in [0.25, 0.3) is 0 Å². The zero-order valence-corrected chi connectivity index (χ0v) is 13.5. The molecule has 0 atom stereocenters. The number of nitrogen functional groups attached to an aromatic ring is 1. The molecular weight excluding hydrogens is 304 g/mol. The molecule has 0 aliphatic heterocycles. The van der Waals surface area contributed by atoms with Gasteiger partial charge < -0.3 is 11.1 Å². The molecule has 0 aliphatic carbocycles. The number of amides is 2. The Morgan fingerprint density at radius 1 is 1.00 bits per heavy atom. The van der Waals surface area contributed by atoms with E-state index in [4.69, 9.17) is 5.73 Å². The monoisotopic (exact) mass is 324 g/mol. The predicted octanol–water partition coefficient (Wildman–Crippen LogP) is 2.53. The van der Waals surface area contributed by atoms with Gasteiger partial charge in [0, 0.05) is 24.2 Å². The van der Waals surface area contributed by atoms with Crippen LogP contribution in [0.1, 0.15) is 25.3 Å². The Morgan fingerprint density at radius 2 is 1.71 bits per heavy atom. The number of benzene rings is 2. The molecule has 2 amide bonds. The molecular formula is C18H20N4O2. The van der Waals surface area contributed by atoms with Gasteiger partial charge in [-0.1, -0.05) is 30.3 Å². The highest BCUT2D eigenvalue weighted by Crippen LogP contribution is 2.08. The van der Waals surface area contributed by atoms with E-state index in [0.717, 1.165) is 5.56 Å². The molecule has 4 N–H and O–H groups in total. The fourth-order valence-corrected chi connectivity index (χ4v) is 2.00. The minimum Gasteiger partial charge on any atom is -0.399 e. The van der Waals surface area contributed by atoms with E-state index >= 15 is 0 Å². The summed E-state index contributed by atoms with van der Waals surface area (Å²) in [5, 5.41) is 6.75. The first-order valence-corrected chi connectivity index (χ1v) is 7.58. The van der Waals surface area contributed by atoms with Crippen LogP contribution in [0.25, 0.3) is 0 Å². The van der Waals surface area contributed by atoms with Crippen LogP contribution in [0.3, 0.4) is 0 Å².